The smallest absolute Gasteiger partial charge is 0.0462 e. The standard InChI is InChI=1S/C58H41N/c1-4-12-42(13-5-1)45-26-33-54(34-27-45)59(56-37-30-48(31-38-56)52-25-24-43-14-10-11-19-51(43)40-52)55-35-28-46(29-36-55)44-20-22-47(23-21-44)53-32-39-57(49-15-6-2-7-16-49)58(41-53)50-17-8-3-9-18-50/h1-41H. The highest BCUT2D eigenvalue weighted by Gasteiger charge is 2.15. The third kappa shape index (κ3) is 7.46. The summed E-state index contributed by atoms with van der Waals surface area (Å²) in [6, 6.07) is 89.7. The summed E-state index contributed by atoms with van der Waals surface area (Å²) in [5, 5.41) is 2.50. The fourth-order valence-corrected chi connectivity index (χ4v) is 8.16. The molecule has 10 aromatic rings. The van der Waals surface area contributed by atoms with E-state index in [0.717, 1.165) is 17.1 Å². The maximum Gasteiger partial charge on any atom is 0.0462 e. The summed E-state index contributed by atoms with van der Waals surface area (Å²) >= 11 is 0. The van der Waals surface area contributed by atoms with E-state index in [9.17, 15) is 0 Å². The van der Waals surface area contributed by atoms with Gasteiger partial charge in [0.05, 0.1) is 0 Å². The van der Waals surface area contributed by atoms with Crippen LogP contribution in [0.2, 0.25) is 0 Å². The Hall–Kier alpha value is -7.74. The minimum Gasteiger partial charge on any atom is -0.311 e. The van der Waals surface area contributed by atoms with E-state index in [4.69, 9.17) is 0 Å². The first-order valence-electron chi connectivity index (χ1n) is 20.2. The Labute approximate surface area is 346 Å². The van der Waals surface area contributed by atoms with Gasteiger partial charge in [0, 0.05) is 17.1 Å². The van der Waals surface area contributed by atoms with Crippen LogP contribution in [0.1, 0.15) is 0 Å². The molecule has 0 aliphatic rings. The Bertz CT molecular complexity index is 2970. The van der Waals surface area contributed by atoms with E-state index in [1.54, 1.807) is 0 Å². The number of rotatable bonds is 9. The first-order chi connectivity index (χ1) is 29.2. The molecule has 0 amide bonds. The van der Waals surface area contributed by atoms with E-state index >= 15 is 0 Å². The second-order valence-corrected chi connectivity index (χ2v) is 15.0. The number of hydrogen-bond acceptors (Lipinski definition) is 1. The molecule has 0 N–H and O–H groups in total. The summed E-state index contributed by atoms with van der Waals surface area (Å²) in [6.07, 6.45) is 0. The molecule has 10 rings (SSSR count). The summed E-state index contributed by atoms with van der Waals surface area (Å²) in [5.41, 5.74) is 17.8. The van der Waals surface area contributed by atoms with Crippen LogP contribution in [0.3, 0.4) is 0 Å². The molecule has 0 aliphatic heterocycles. The van der Waals surface area contributed by atoms with Crippen LogP contribution in [0, 0.1) is 0 Å². The molecule has 59 heavy (non-hydrogen) atoms. The van der Waals surface area contributed by atoms with Crippen LogP contribution >= 0.6 is 0 Å². The van der Waals surface area contributed by atoms with Gasteiger partial charge in [-0.3, -0.25) is 0 Å². The van der Waals surface area contributed by atoms with Gasteiger partial charge in [-0.2, -0.15) is 0 Å². The molecule has 1 nitrogen and oxygen atoms in total. The zero-order valence-electron chi connectivity index (χ0n) is 32.6. The van der Waals surface area contributed by atoms with E-state index in [1.807, 2.05) is 0 Å². The van der Waals surface area contributed by atoms with E-state index in [1.165, 1.54) is 77.5 Å². The van der Waals surface area contributed by atoms with Gasteiger partial charge in [0.1, 0.15) is 0 Å². The first kappa shape index (κ1) is 35.7. The Kier molecular flexibility index (Phi) is 9.68. The average Bonchev–Trinajstić information content (AvgIpc) is 3.33. The van der Waals surface area contributed by atoms with Gasteiger partial charge in [-0.15, -0.1) is 0 Å². The van der Waals surface area contributed by atoms with Crippen molar-refractivity contribution in [2.24, 2.45) is 0 Å². The summed E-state index contributed by atoms with van der Waals surface area (Å²) in [4.78, 5) is 2.34. The van der Waals surface area contributed by atoms with E-state index < -0.39 is 0 Å². The van der Waals surface area contributed by atoms with E-state index in [-0.39, 0.29) is 0 Å². The third-order valence-electron chi connectivity index (χ3n) is 11.3. The van der Waals surface area contributed by atoms with Crippen molar-refractivity contribution in [2.75, 3.05) is 4.90 Å². The quantitative estimate of drug-likeness (QED) is 0.142. The highest BCUT2D eigenvalue weighted by atomic mass is 15.1. The Balaban J connectivity index is 0.955. The molecule has 0 heterocycles. The van der Waals surface area contributed by atoms with Crippen molar-refractivity contribution in [3.05, 3.63) is 249 Å². The zero-order chi connectivity index (χ0) is 39.4. The van der Waals surface area contributed by atoms with Gasteiger partial charge in [0.25, 0.3) is 0 Å². The fraction of sp³-hybridized carbons (Fsp3) is 0. The van der Waals surface area contributed by atoms with Gasteiger partial charge in [-0.1, -0.05) is 200 Å². The van der Waals surface area contributed by atoms with Crippen molar-refractivity contribution in [1.82, 2.24) is 0 Å². The van der Waals surface area contributed by atoms with Gasteiger partial charge >= 0.3 is 0 Å². The molecule has 0 aliphatic carbocycles. The largest absolute Gasteiger partial charge is 0.311 e. The SMILES string of the molecule is c1ccc(-c2ccc(N(c3ccc(-c4ccc(-c5ccc(-c6ccccc6)c(-c6ccccc6)c5)cc4)cc3)c3ccc(-c4ccc5ccccc5c4)cc3)cc2)cc1. The molecule has 0 spiro atoms. The third-order valence-corrected chi connectivity index (χ3v) is 11.3. The first-order valence-corrected chi connectivity index (χ1v) is 20.2. The van der Waals surface area contributed by atoms with Crippen molar-refractivity contribution in [3.8, 4) is 66.8 Å². The van der Waals surface area contributed by atoms with Crippen LogP contribution in [0.25, 0.3) is 77.5 Å². The molecular formula is C58H41N. The maximum atomic E-state index is 2.34. The average molecular weight is 752 g/mol. The molecule has 0 aromatic heterocycles. The van der Waals surface area contributed by atoms with Gasteiger partial charge in [-0.25, -0.2) is 0 Å². The van der Waals surface area contributed by atoms with Gasteiger partial charge in [0.2, 0.25) is 0 Å². The minimum absolute atomic E-state index is 1.10. The normalized spacial score (nSPS) is 11.1. The predicted molar refractivity (Wildman–Crippen MR) is 251 cm³/mol. The molecule has 0 saturated carbocycles. The molecule has 0 unspecified atom stereocenters. The molecule has 1 heteroatoms. The Morgan fingerprint density at radius 1 is 0.186 bits per heavy atom. The second-order valence-electron chi connectivity index (χ2n) is 15.0. The van der Waals surface area contributed by atoms with Crippen LogP contribution in [0.4, 0.5) is 17.1 Å². The van der Waals surface area contributed by atoms with Crippen LogP contribution in [-0.4, -0.2) is 0 Å². The monoisotopic (exact) mass is 751 g/mol. The van der Waals surface area contributed by atoms with Gasteiger partial charge in [0.15, 0.2) is 0 Å². The molecule has 0 saturated heterocycles. The Morgan fingerprint density at radius 2 is 0.508 bits per heavy atom. The van der Waals surface area contributed by atoms with Gasteiger partial charge < -0.3 is 4.90 Å². The van der Waals surface area contributed by atoms with Crippen molar-refractivity contribution in [1.29, 1.82) is 0 Å². The van der Waals surface area contributed by atoms with Crippen LogP contribution in [0.5, 0.6) is 0 Å². The lowest BCUT2D eigenvalue weighted by Gasteiger charge is -2.26. The lowest BCUT2D eigenvalue weighted by atomic mass is 9.91. The summed E-state index contributed by atoms with van der Waals surface area (Å²) in [7, 11) is 0. The van der Waals surface area contributed by atoms with Crippen molar-refractivity contribution < 1.29 is 0 Å². The molecule has 10 aromatic carbocycles. The summed E-state index contributed by atoms with van der Waals surface area (Å²) in [5.74, 6) is 0. The van der Waals surface area contributed by atoms with Crippen molar-refractivity contribution in [2.45, 2.75) is 0 Å². The Morgan fingerprint density at radius 3 is 1.00 bits per heavy atom. The molecule has 278 valence electrons. The summed E-state index contributed by atoms with van der Waals surface area (Å²) in [6.45, 7) is 0. The minimum atomic E-state index is 1.10. The lowest BCUT2D eigenvalue weighted by molar-refractivity contribution is 1.28. The van der Waals surface area contributed by atoms with Crippen molar-refractivity contribution >= 4 is 27.8 Å². The number of anilines is 3. The second kappa shape index (κ2) is 16.0. The highest BCUT2D eigenvalue weighted by Crippen LogP contribution is 2.39. The fourth-order valence-electron chi connectivity index (χ4n) is 8.16. The predicted octanol–water partition coefficient (Wildman–Crippen LogP) is 16.3. The summed E-state index contributed by atoms with van der Waals surface area (Å²) < 4.78 is 0. The molecule has 0 fully saturated rings. The highest BCUT2D eigenvalue weighted by molar-refractivity contribution is 5.89. The number of benzene rings is 10. The zero-order valence-corrected chi connectivity index (χ0v) is 32.6. The van der Waals surface area contributed by atoms with E-state index in [0.29, 0.717) is 0 Å². The number of hydrogen-bond donors (Lipinski definition) is 0. The van der Waals surface area contributed by atoms with Crippen molar-refractivity contribution in [3.63, 3.8) is 0 Å². The van der Waals surface area contributed by atoms with Crippen LogP contribution in [0.15, 0.2) is 249 Å². The molecule has 0 bridgehead atoms. The molecular weight excluding hydrogens is 711 g/mol. The number of fused-ring (bicyclic) bond motifs is 1. The maximum absolute atomic E-state index is 2.34. The van der Waals surface area contributed by atoms with Crippen LogP contribution < -0.4 is 4.90 Å². The topological polar surface area (TPSA) is 3.24 Å². The van der Waals surface area contributed by atoms with E-state index in [2.05, 4.69) is 254 Å². The molecule has 0 radical (unpaired) electrons. The number of nitrogens with zero attached hydrogens (tertiary/aromatic N) is 1. The van der Waals surface area contributed by atoms with Gasteiger partial charge in [-0.05, 0) is 126 Å². The lowest BCUT2D eigenvalue weighted by Crippen LogP contribution is -2.09. The van der Waals surface area contributed by atoms with Crippen LogP contribution in [-0.2, 0) is 0 Å². The molecule has 0 atom stereocenters.